The van der Waals surface area contributed by atoms with E-state index in [0.29, 0.717) is 5.92 Å². The molecule has 0 aliphatic heterocycles. The highest BCUT2D eigenvalue weighted by molar-refractivity contribution is 5.33. The van der Waals surface area contributed by atoms with Gasteiger partial charge in [-0.15, -0.1) is 0 Å². The van der Waals surface area contributed by atoms with E-state index in [1.165, 1.54) is 24.8 Å². The number of hydrogen-bond donors (Lipinski definition) is 0. The van der Waals surface area contributed by atoms with E-state index in [2.05, 4.69) is 37.2 Å². The van der Waals surface area contributed by atoms with Crippen LogP contribution in [-0.2, 0) is 10.3 Å². The molecule has 0 N–H and O–H groups in total. The number of ether oxygens (including phenoxy) is 2. The lowest BCUT2D eigenvalue weighted by atomic mass is 9.71. The summed E-state index contributed by atoms with van der Waals surface area (Å²) in [6.45, 7) is 1.06. The van der Waals surface area contributed by atoms with Crippen LogP contribution in [0, 0.1) is 5.92 Å². The first-order chi connectivity index (χ1) is 9.62. The maximum absolute atomic E-state index is 6.10. The van der Waals surface area contributed by atoms with Crippen molar-refractivity contribution in [3.63, 3.8) is 0 Å². The highest BCUT2D eigenvalue weighted by Crippen LogP contribution is 2.45. The van der Waals surface area contributed by atoms with Crippen LogP contribution < -0.4 is 4.74 Å². The standard InChI is InChI=1S/C17H27NO2/c1-18(2)13-15-8-5-6-11-17(15,20-4)14-9-7-10-16(12-14)19-3/h7,9-10,12,15H,5-6,8,11,13H2,1-4H3/t15-,17-/m1/s1. The van der Waals surface area contributed by atoms with E-state index in [9.17, 15) is 0 Å². The molecule has 2 rings (SSSR count). The first kappa shape index (κ1) is 15.3. The molecule has 1 saturated carbocycles. The fraction of sp³-hybridized carbons (Fsp3) is 0.647. The van der Waals surface area contributed by atoms with Gasteiger partial charge in [0.25, 0.3) is 0 Å². The minimum Gasteiger partial charge on any atom is -0.497 e. The van der Waals surface area contributed by atoms with Crippen LogP contribution in [0.15, 0.2) is 24.3 Å². The predicted molar refractivity (Wildman–Crippen MR) is 82.2 cm³/mol. The summed E-state index contributed by atoms with van der Waals surface area (Å²) in [5, 5.41) is 0. The van der Waals surface area contributed by atoms with E-state index in [4.69, 9.17) is 9.47 Å². The van der Waals surface area contributed by atoms with Gasteiger partial charge in [0.2, 0.25) is 0 Å². The second-order valence-corrected chi connectivity index (χ2v) is 6.03. The third-order valence-electron chi connectivity index (χ3n) is 4.52. The summed E-state index contributed by atoms with van der Waals surface area (Å²) < 4.78 is 11.5. The van der Waals surface area contributed by atoms with Crippen LogP contribution >= 0.6 is 0 Å². The minimum absolute atomic E-state index is 0.170. The fourth-order valence-corrected chi connectivity index (χ4v) is 3.55. The molecule has 0 radical (unpaired) electrons. The molecule has 0 saturated heterocycles. The number of nitrogens with zero attached hydrogens (tertiary/aromatic N) is 1. The first-order valence-electron chi connectivity index (χ1n) is 7.47. The molecular weight excluding hydrogens is 250 g/mol. The fourth-order valence-electron chi connectivity index (χ4n) is 3.55. The van der Waals surface area contributed by atoms with Crippen LogP contribution in [0.3, 0.4) is 0 Å². The summed E-state index contributed by atoms with van der Waals surface area (Å²) in [5.41, 5.74) is 1.09. The van der Waals surface area contributed by atoms with Crippen LogP contribution in [0.4, 0.5) is 0 Å². The molecule has 1 aliphatic rings. The Morgan fingerprint density at radius 2 is 2.05 bits per heavy atom. The molecular formula is C17H27NO2. The molecule has 0 heterocycles. The van der Waals surface area contributed by atoms with Gasteiger partial charge in [-0.25, -0.2) is 0 Å². The summed E-state index contributed by atoms with van der Waals surface area (Å²) in [7, 11) is 7.85. The van der Waals surface area contributed by atoms with Crippen molar-refractivity contribution in [3.8, 4) is 5.75 Å². The van der Waals surface area contributed by atoms with Crippen molar-refractivity contribution in [2.45, 2.75) is 31.3 Å². The van der Waals surface area contributed by atoms with Gasteiger partial charge >= 0.3 is 0 Å². The molecule has 0 aromatic heterocycles. The summed E-state index contributed by atoms with van der Waals surface area (Å²) >= 11 is 0. The number of benzene rings is 1. The Hall–Kier alpha value is -1.06. The van der Waals surface area contributed by atoms with Gasteiger partial charge in [-0.1, -0.05) is 25.0 Å². The van der Waals surface area contributed by atoms with E-state index >= 15 is 0 Å². The molecule has 3 nitrogen and oxygen atoms in total. The average molecular weight is 277 g/mol. The summed E-state index contributed by atoms with van der Waals surface area (Å²) in [4.78, 5) is 2.27. The summed E-state index contributed by atoms with van der Waals surface area (Å²) in [6, 6.07) is 8.38. The van der Waals surface area contributed by atoms with Crippen molar-refractivity contribution in [2.75, 3.05) is 34.9 Å². The van der Waals surface area contributed by atoms with E-state index in [1.807, 2.05) is 13.2 Å². The van der Waals surface area contributed by atoms with Crippen LogP contribution in [0.2, 0.25) is 0 Å². The Balaban J connectivity index is 2.37. The molecule has 20 heavy (non-hydrogen) atoms. The Kier molecular flexibility index (Phi) is 5.06. The molecule has 0 bridgehead atoms. The largest absolute Gasteiger partial charge is 0.497 e. The van der Waals surface area contributed by atoms with Gasteiger partial charge in [0.1, 0.15) is 5.75 Å². The Morgan fingerprint density at radius 3 is 2.70 bits per heavy atom. The van der Waals surface area contributed by atoms with Crippen molar-refractivity contribution < 1.29 is 9.47 Å². The third-order valence-corrected chi connectivity index (χ3v) is 4.52. The zero-order chi connectivity index (χ0) is 14.6. The van der Waals surface area contributed by atoms with Crippen LogP contribution in [0.1, 0.15) is 31.2 Å². The molecule has 0 amide bonds. The van der Waals surface area contributed by atoms with E-state index in [1.54, 1.807) is 7.11 Å². The van der Waals surface area contributed by atoms with Gasteiger partial charge in [0.05, 0.1) is 12.7 Å². The van der Waals surface area contributed by atoms with Crippen LogP contribution in [-0.4, -0.2) is 39.8 Å². The van der Waals surface area contributed by atoms with Gasteiger partial charge in [-0.2, -0.15) is 0 Å². The molecule has 0 unspecified atom stereocenters. The maximum Gasteiger partial charge on any atom is 0.119 e. The Bertz CT molecular complexity index is 433. The Morgan fingerprint density at radius 1 is 1.25 bits per heavy atom. The van der Waals surface area contributed by atoms with Gasteiger partial charge < -0.3 is 14.4 Å². The topological polar surface area (TPSA) is 21.7 Å². The van der Waals surface area contributed by atoms with E-state index < -0.39 is 0 Å². The van der Waals surface area contributed by atoms with Gasteiger partial charge in [0.15, 0.2) is 0 Å². The van der Waals surface area contributed by atoms with Gasteiger partial charge in [-0.05, 0) is 44.6 Å². The zero-order valence-electron chi connectivity index (χ0n) is 13.2. The highest BCUT2D eigenvalue weighted by Gasteiger charge is 2.42. The van der Waals surface area contributed by atoms with E-state index in [0.717, 1.165) is 18.7 Å². The second-order valence-electron chi connectivity index (χ2n) is 6.03. The van der Waals surface area contributed by atoms with Crippen molar-refractivity contribution >= 4 is 0 Å². The monoisotopic (exact) mass is 277 g/mol. The second kappa shape index (κ2) is 6.59. The molecule has 112 valence electrons. The number of hydrogen-bond acceptors (Lipinski definition) is 3. The molecule has 0 spiro atoms. The molecule has 2 atom stereocenters. The zero-order valence-corrected chi connectivity index (χ0v) is 13.2. The number of rotatable bonds is 5. The third kappa shape index (κ3) is 2.99. The van der Waals surface area contributed by atoms with E-state index in [-0.39, 0.29) is 5.60 Å². The predicted octanol–water partition coefficient (Wildman–Crippen LogP) is 3.29. The lowest BCUT2D eigenvalue weighted by molar-refractivity contribution is -0.0952. The molecule has 3 heteroatoms. The summed E-state index contributed by atoms with van der Waals surface area (Å²) in [5.74, 6) is 1.44. The van der Waals surface area contributed by atoms with Crippen molar-refractivity contribution in [1.82, 2.24) is 4.90 Å². The molecule has 1 aromatic carbocycles. The quantitative estimate of drug-likeness (QED) is 0.824. The SMILES string of the molecule is COc1cccc([C@]2(OC)CCCC[C@@H]2CN(C)C)c1. The lowest BCUT2D eigenvalue weighted by Gasteiger charge is -2.44. The molecule has 1 aliphatic carbocycles. The van der Waals surface area contributed by atoms with Crippen molar-refractivity contribution in [2.24, 2.45) is 5.92 Å². The number of methoxy groups -OCH3 is 2. The minimum atomic E-state index is -0.170. The van der Waals surface area contributed by atoms with Crippen molar-refractivity contribution in [1.29, 1.82) is 0 Å². The van der Waals surface area contributed by atoms with Crippen molar-refractivity contribution in [3.05, 3.63) is 29.8 Å². The molecule has 1 aromatic rings. The first-order valence-corrected chi connectivity index (χ1v) is 7.47. The van der Waals surface area contributed by atoms with Crippen LogP contribution in [0.5, 0.6) is 5.75 Å². The molecule has 1 fully saturated rings. The highest BCUT2D eigenvalue weighted by atomic mass is 16.5. The maximum atomic E-state index is 6.10. The summed E-state index contributed by atoms with van der Waals surface area (Å²) in [6.07, 6.45) is 4.85. The van der Waals surface area contributed by atoms with Gasteiger partial charge in [-0.3, -0.25) is 0 Å². The Labute approximate surface area is 122 Å². The van der Waals surface area contributed by atoms with Crippen LogP contribution in [0.25, 0.3) is 0 Å². The van der Waals surface area contributed by atoms with Gasteiger partial charge in [0, 0.05) is 19.6 Å². The lowest BCUT2D eigenvalue weighted by Crippen LogP contribution is -2.44. The normalized spacial score (nSPS) is 26.8. The average Bonchev–Trinajstić information content (AvgIpc) is 2.47. The smallest absolute Gasteiger partial charge is 0.119 e.